The number of carbonyl (C=O) groups excluding carboxylic acids is 1. The lowest BCUT2D eigenvalue weighted by Crippen LogP contribution is -2.51. The second kappa shape index (κ2) is 10.3. The van der Waals surface area contributed by atoms with Gasteiger partial charge in [0, 0.05) is 57.0 Å². The third-order valence-electron chi connectivity index (χ3n) is 5.67. The monoisotopic (exact) mass is 448 g/mol. The predicted octanol–water partition coefficient (Wildman–Crippen LogP) is 3.48. The molecule has 4 rings (SSSR count). The zero-order valence-electron chi connectivity index (χ0n) is 17.7. The zero-order chi connectivity index (χ0) is 22.3. The highest BCUT2D eigenvalue weighted by Gasteiger charge is 2.22. The van der Waals surface area contributed by atoms with Crippen molar-refractivity contribution < 1.29 is 4.79 Å². The Hall–Kier alpha value is -3.34. The van der Waals surface area contributed by atoms with E-state index in [0.717, 1.165) is 36.5 Å². The van der Waals surface area contributed by atoms with Crippen LogP contribution in [0.5, 0.6) is 0 Å². The molecule has 0 saturated carbocycles. The fourth-order valence-electron chi connectivity index (χ4n) is 3.77. The topological polar surface area (TPSA) is 77.2 Å². The highest BCUT2D eigenvalue weighted by atomic mass is 35.5. The Bertz CT molecular complexity index is 1100. The Kier molecular flexibility index (Phi) is 7.05. The summed E-state index contributed by atoms with van der Waals surface area (Å²) in [6, 6.07) is 17.2. The third kappa shape index (κ3) is 5.47. The normalized spacial score (nSPS) is 14.2. The minimum absolute atomic E-state index is 0.0598. The molecule has 0 unspecified atom stereocenters. The number of halogens is 1. The highest BCUT2D eigenvalue weighted by Crippen LogP contribution is 2.15. The van der Waals surface area contributed by atoms with Crippen LogP contribution in [0.4, 0.5) is 4.79 Å². The standard InChI is InChI=1S/C24H25ClN6O/c25-23-4-2-1-3-21(23)14-28-24(32)30-11-9-29(10-12-30)17-22-15-27-18-31(22)16-20-7-5-19(13-26)6-8-20/h1-8,15,18H,9-12,14,16-17H2,(H,28,32). The molecule has 1 aliphatic heterocycles. The van der Waals surface area contributed by atoms with Crippen LogP contribution in [0.15, 0.2) is 61.1 Å². The molecule has 1 N–H and O–H groups in total. The van der Waals surface area contributed by atoms with Gasteiger partial charge in [-0.05, 0) is 29.3 Å². The summed E-state index contributed by atoms with van der Waals surface area (Å²) in [6.07, 6.45) is 3.73. The van der Waals surface area contributed by atoms with E-state index in [9.17, 15) is 4.79 Å². The van der Waals surface area contributed by atoms with E-state index in [0.29, 0.717) is 36.8 Å². The summed E-state index contributed by atoms with van der Waals surface area (Å²) in [4.78, 5) is 21.0. The number of amides is 2. The van der Waals surface area contributed by atoms with Crippen molar-refractivity contribution in [2.75, 3.05) is 26.2 Å². The minimum Gasteiger partial charge on any atom is -0.334 e. The molecule has 0 spiro atoms. The van der Waals surface area contributed by atoms with Gasteiger partial charge >= 0.3 is 6.03 Å². The number of hydrogen-bond acceptors (Lipinski definition) is 4. The number of piperazine rings is 1. The number of urea groups is 1. The van der Waals surface area contributed by atoms with E-state index in [1.807, 2.05) is 66.0 Å². The molecule has 0 bridgehead atoms. The molecule has 2 aromatic carbocycles. The molecule has 1 fully saturated rings. The number of benzene rings is 2. The number of carbonyl (C=O) groups is 1. The lowest BCUT2D eigenvalue weighted by Gasteiger charge is -2.34. The molecule has 7 nitrogen and oxygen atoms in total. The summed E-state index contributed by atoms with van der Waals surface area (Å²) in [7, 11) is 0. The first kappa shape index (κ1) is 21.9. The SMILES string of the molecule is N#Cc1ccc(Cn2cncc2CN2CCN(C(=O)NCc3ccccc3Cl)CC2)cc1. The largest absolute Gasteiger partial charge is 0.334 e. The van der Waals surface area contributed by atoms with Gasteiger partial charge in [-0.15, -0.1) is 0 Å². The predicted molar refractivity (Wildman–Crippen MR) is 123 cm³/mol. The van der Waals surface area contributed by atoms with Crippen molar-refractivity contribution in [2.24, 2.45) is 0 Å². The molecule has 0 radical (unpaired) electrons. The smallest absolute Gasteiger partial charge is 0.317 e. The Morgan fingerprint density at radius 2 is 1.81 bits per heavy atom. The second-order valence-corrected chi connectivity index (χ2v) is 8.24. The third-order valence-corrected chi connectivity index (χ3v) is 6.04. The van der Waals surface area contributed by atoms with E-state index in [2.05, 4.69) is 25.8 Å². The molecule has 1 aliphatic rings. The lowest BCUT2D eigenvalue weighted by molar-refractivity contribution is 0.133. The van der Waals surface area contributed by atoms with E-state index >= 15 is 0 Å². The number of nitrogens with zero attached hydrogens (tertiary/aromatic N) is 5. The maximum atomic E-state index is 12.5. The number of imidazole rings is 1. The molecule has 0 aliphatic carbocycles. The van der Waals surface area contributed by atoms with Crippen LogP contribution in [-0.2, 0) is 19.6 Å². The molecular formula is C24H25ClN6O. The molecule has 32 heavy (non-hydrogen) atoms. The molecule has 8 heteroatoms. The van der Waals surface area contributed by atoms with Crippen molar-refractivity contribution in [2.45, 2.75) is 19.6 Å². The first-order chi connectivity index (χ1) is 15.6. The van der Waals surface area contributed by atoms with Crippen molar-refractivity contribution >= 4 is 17.6 Å². The van der Waals surface area contributed by atoms with Gasteiger partial charge in [0.25, 0.3) is 0 Å². The van der Waals surface area contributed by atoms with Crippen molar-refractivity contribution in [3.05, 3.63) is 88.5 Å². The minimum atomic E-state index is -0.0598. The summed E-state index contributed by atoms with van der Waals surface area (Å²) < 4.78 is 2.13. The van der Waals surface area contributed by atoms with Crippen LogP contribution in [-0.4, -0.2) is 51.6 Å². The van der Waals surface area contributed by atoms with Gasteiger partial charge in [0.2, 0.25) is 0 Å². The second-order valence-electron chi connectivity index (χ2n) is 7.83. The van der Waals surface area contributed by atoms with Gasteiger partial charge in [-0.2, -0.15) is 5.26 Å². The van der Waals surface area contributed by atoms with Crippen molar-refractivity contribution in [3.63, 3.8) is 0 Å². The van der Waals surface area contributed by atoms with Crippen LogP contribution in [0.3, 0.4) is 0 Å². The van der Waals surface area contributed by atoms with E-state index in [1.165, 1.54) is 0 Å². The molecule has 1 aromatic heterocycles. The van der Waals surface area contributed by atoms with Gasteiger partial charge < -0.3 is 14.8 Å². The van der Waals surface area contributed by atoms with Gasteiger partial charge in [0.1, 0.15) is 0 Å². The van der Waals surface area contributed by atoms with Crippen LogP contribution in [0.25, 0.3) is 0 Å². The fraction of sp³-hybridized carbons (Fsp3) is 0.292. The molecule has 2 heterocycles. The molecule has 1 saturated heterocycles. The summed E-state index contributed by atoms with van der Waals surface area (Å²) >= 11 is 6.17. The van der Waals surface area contributed by atoms with Crippen molar-refractivity contribution in [1.29, 1.82) is 5.26 Å². The maximum absolute atomic E-state index is 12.5. The van der Waals surface area contributed by atoms with E-state index in [1.54, 1.807) is 0 Å². The Morgan fingerprint density at radius 1 is 1.06 bits per heavy atom. The summed E-state index contributed by atoms with van der Waals surface area (Å²) in [6.45, 7) is 4.89. The molecule has 0 atom stereocenters. The number of rotatable bonds is 6. The highest BCUT2D eigenvalue weighted by molar-refractivity contribution is 6.31. The number of aromatic nitrogens is 2. The Balaban J connectivity index is 1.26. The van der Waals surface area contributed by atoms with Gasteiger partial charge in [0.05, 0.1) is 23.7 Å². The van der Waals surface area contributed by atoms with Crippen LogP contribution < -0.4 is 5.32 Å². The van der Waals surface area contributed by atoms with Crippen LogP contribution in [0, 0.1) is 11.3 Å². The van der Waals surface area contributed by atoms with Gasteiger partial charge in [0.15, 0.2) is 0 Å². The molecule has 2 amide bonds. The molecule has 3 aromatic rings. The fourth-order valence-corrected chi connectivity index (χ4v) is 3.97. The van der Waals surface area contributed by atoms with Crippen LogP contribution in [0.1, 0.15) is 22.4 Å². The Morgan fingerprint density at radius 3 is 2.53 bits per heavy atom. The van der Waals surface area contributed by atoms with Crippen LogP contribution in [0.2, 0.25) is 5.02 Å². The quantitative estimate of drug-likeness (QED) is 0.626. The average Bonchev–Trinajstić information content (AvgIpc) is 3.25. The summed E-state index contributed by atoms with van der Waals surface area (Å²) in [5, 5.41) is 12.6. The van der Waals surface area contributed by atoms with Crippen molar-refractivity contribution in [1.82, 2.24) is 24.7 Å². The maximum Gasteiger partial charge on any atom is 0.317 e. The number of nitriles is 1. The van der Waals surface area contributed by atoms with E-state index in [4.69, 9.17) is 16.9 Å². The zero-order valence-corrected chi connectivity index (χ0v) is 18.5. The average molecular weight is 449 g/mol. The summed E-state index contributed by atoms with van der Waals surface area (Å²) in [5.74, 6) is 0. The summed E-state index contributed by atoms with van der Waals surface area (Å²) in [5.41, 5.74) is 3.83. The van der Waals surface area contributed by atoms with E-state index in [-0.39, 0.29) is 6.03 Å². The molecule has 164 valence electrons. The van der Waals surface area contributed by atoms with E-state index < -0.39 is 0 Å². The first-order valence-electron chi connectivity index (χ1n) is 10.6. The lowest BCUT2D eigenvalue weighted by atomic mass is 10.1. The van der Waals surface area contributed by atoms with Gasteiger partial charge in [-0.3, -0.25) is 4.90 Å². The molecular weight excluding hydrogens is 424 g/mol. The first-order valence-corrected chi connectivity index (χ1v) is 11.0. The number of hydrogen-bond donors (Lipinski definition) is 1. The number of nitrogens with one attached hydrogen (secondary N) is 1. The van der Waals surface area contributed by atoms with Gasteiger partial charge in [-0.1, -0.05) is 41.9 Å². The van der Waals surface area contributed by atoms with Crippen LogP contribution >= 0.6 is 11.6 Å². The van der Waals surface area contributed by atoms with Gasteiger partial charge in [-0.25, -0.2) is 9.78 Å². The Labute approximate surface area is 192 Å². The van der Waals surface area contributed by atoms with Crippen molar-refractivity contribution in [3.8, 4) is 6.07 Å².